The average Bonchev–Trinajstić information content (AvgIpc) is 2.09. The van der Waals surface area contributed by atoms with Gasteiger partial charge in [-0.1, -0.05) is 17.7 Å². The van der Waals surface area contributed by atoms with Crippen molar-refractivity contribution in [2.45, 2.75) is 4.90 Å². The van der Waals surface area contributed by atoms with Crippen molar-refractivity contribution in [3.8, 4) is 0 Å². The van der Waals surface area contributed by atoms with E-state index in [9.17, 15) is 12.8 Å². The molecule has 0 aliphatic rings. The van der Waals surface area contributed by atoms with Crippen molar-refractivity contribution in [1.29, 1.82) is 0 Å². The molecule has 0 N–H and O–H groups in total. The first-order chi connectivity index (χ1) is 5.99. The molecular weight excluding hydrogens is 219 g/mol. The molecule has 13 heavy (non-hydrogen) atoms. The van der Waals surface area contributed by atoms with Crippen LogP contribution in [0.4, 0.5) is 4.39 Å². The third kappa shape index (κ3) is 1.99. The van der Waals surface area contributed by atoms with Gasteiger partial charge in [0.1, 0.15) is 10.7 Å². The van der Waals surface area contributed by atoms with Gasteiger partial charge in [-0.05, 0) is 12.1 Å². The van der Waals surface area contributed by atoms with Crippen LogP contribution in [0.25, 0.3) is 0 Å². The number of rotatable bonds is 2. The Balaban J connectivity index is 3.40. The van der Waals surface area contributed by atoms with Crippen LogP contribution in [-0.2, 0) is 14.3 Å². The zero-order chi connectivity index (χ0) is 10.1. The van der Waals surface area contributed by atoms with Gasteiger partial charge in [-0.15, -0.1) is 0 Å². The summed E-state index contributed by atoms with van der Waals surface area (Å²) in [5, 5.41) is -0.454. The Hall–Kier alpha value is -0.650. The molecule has 0 atom stereocenters. The van der Waals surface area contributed by atoms with Gasteiger partial charge in [0.05, 0.1) is 12.1 Å². The van der Waals surface area contributed by atoms with Gasteiger partial charge >= 0.3 is 0 Å². The smallest absolute Gasteiger partial charge is 0.270 e. The molecule has 1 aromatic rings. The first kappa shape index (κ1) is 10.4. The Morgan fingerprint density at radius 2 is 2.08 bits per heavy atom. The van der Waals surface area contributed by atoms with Crippen LogP contribution in [0.15, 0.2) is 23.1 Å². The zero-order valence-electron chi connectivity index (χ0n) is 6.62. The van der Waals surface area contributed by atoms with Gasteiger partial charge in [0.15, 0.2) is 0 Å². The Kier molecular flexibility index (Phi) is 2.90. The summed E-state index contributed by atoms with van der Waals surface area (Å²) in [4.78, 5) is -0.364. The second-order valence-corrected chi connectivity index (χ2v) is 4.23. The number of halogens is 2. The predicted molar refractivity (Wildman–Crippen MR) is 45.6 cm³/mol. The molecule has 72 valence electrons. The summed E-state index contributed by atoms with van der Waals surface area (Å²) in [5.74, 6) is -0.792. The van der Waals surface area contributed by atoms with Crippen LogP contribution in [0, 0.1) is 5.82 Å². The third-order valence-electron chi connectivity index (χ3n) is 1.40. The van der Waals surface area contributed by atoms with Crippen molar-refractivity contribution in [1.82, 2.24) is 0 Å². The fourth-order valence-corrected chi connectivity index (χ4v) is 1.92. The number of hydrogen-bond donors (Lipinski definition) is 0. The van der Waals surface area contributed by atoms with Crippen LogP contribution in [0.1, 0.15) is 0 Å². The Bertz CT molecular complexity index is 416. The Labute approximate surface area is 80.2 Å². The highest BCUT2D eigenvalue weighted by Crippen LogP contribution is 2.24. The minimum Gasteiger partial charge on any atom is -0.270 e. The van der Waals surface area contributed by atoms with Gasteiger partial charge in [0, 0.05) is 0 Å². The third-order valence-corrected chi connectivity index (χ3v) is 3.22. The lowest BCUT2D eigenvalue weighted by atomic mass is 10.3. The van der Waals surface area contributed by atoms with E-state index in [0.717, 1.165) is 13.2 Å². The topological polar surface area (TPSA) is 43.4 Å². The average molecular weight is 225 g/mol. The van der Waals surface area contributed by atoms with Gasteiger partial charge in [0.2, 0.25) is 0 Å². The lowest BCUT2D eigenvalue weighted by molar-refractivity contribution is 0.397. The van der Waals surface area contributed by atoms with Crippen LogP contribution in [-0.4, -0.2) is 15.5 Å². The van der Waals surface area contributed by atoms with Crippen molar-refractivity contribution in [3.63, 3.8) is 0 Å². The molecule has 0 bridgehead atoms. The second kappa shape index (κ2) is 3.61. The molecule has 0 radical (unpaired) electrons. The molecule has 0 saturated carbocycles. The van der Waals surface area contributed by atoms with E-state index in [1.54, 1.807) is 0 Å². The lowest BCUT2D eigenvalue weighted by Crippen LogP contribution is -2.04. The molecule has 0 unspecified atom stereocenters. The first-order valence-corrected chi connectivity index (χ1v) is 5.02. The molecule has 6 heteroatoms. The molecule has 0 aliphatic carbocycles. The highest BCUT2D eigenvalue weighted by Gasteiger charge is 2.19. The quantitative estimate of drug-likeness (QED) is 0.720. The van der Waals surface area contributed by atoms with E-state index in [2.05, 4.69) is 4.18 Å². The van der Waals surface area contributed by atoms with Crippen LogP contribution in [0.3, 0.4) is 0 Å². The van der Waals surface area contributed by atoms with E-state index in [1.165, 1.54) is 12.1 Å². The van der Waals surface area contributed by atoms with E-state index >= 15 is 0 Å². The van der Waals surface area contributed by atoms with Crippen molar-refractivity contribution >= 4 is 21.7 Å². The normalized spacial score (nSPS) is 11.6. The minimum atomic E-state index is -3.92. The SMILES string of the molecule is COS(=O)(=O)c1cccc(F)c1Cl. The summed E-state index contributed by atoms with van der Waals surface area (Å²) in [6.45, 7) is 0. The maximum atomic E-state index is 12.8. The summed E-state index contributed by atoms with van der Waals surface area (Å²) in [6, 6.07) is 3.48. The minimum absolute atomic E-state index is 0.364. The van der Waals surface area contributed by atoms with E-state index in [1.807, 2.05) is 0 Å². The first-order valence-electron chi connectivity index (χ1n) is 3.23. The largest absolute Gasteiger partial charge is 0.298 e. The highest BCUT2D eigenvalue weighted by molar-refractivity contribution is 7.86. The molecular formula is C7H6ClFO3S. The van der Waals surface area contributed by atoms with Crippen LogP contribution < -0.4 is 0 Å². The van der Waals surface area contributed by atoms with E-state index in [0.29, 0.717) is 0 Å². The zero-order valence-corrected chi connectivity index (χ0v) is 8.19. The van der Waals surface area contributed by atoms with Crippen molar-refractivity contribution in [2.75, 3.05) is 7.11 Å². The van der Waals surface area contributed by atoms with E-state index in [-0.39, 0.29) is 4.90 Å². The van der Waals surface area contributed by atoms with Crippen LogP contribution in [0.2, 0.25) is 5.02 Å². The van der Waals surface area contributed by atoms with Crippen molar-refractivity contribution in [3.05, 3.63) is 29.0 Å². The van der Waals surface area contributed by atoms with Crippen LogP contribution >= 0.6 is 11.6 Å². The Morgan fingerprint density at radius 3 is 2.62 bits per heavy atom. The maximum Gasteiger partial charge on any atom is 0.298 e. The molecule has 1 aromatic carbocycles. The molecule has 1 rings (SSSR count). The summed E-state index contributed by atoms with van der Waals surface area (Å²) in [5.41, 5.74) is 0. The molecule has 0 aliphatic heterocycles. The summed E-state index contributed by atoms with van der Waals surface area (Å²) in [7, 11) is -2.94. The standard InChI is InChI=1S/C7H6ClFO3S/c1-12-13(10,11)6-4-2-3-5(9)7(6)8/h2-4H,1H3. The molecule has 3 nitrogen and oxygen atoms in total. The van der Waals surface area contributed by atoms with Crippen molar-refractivity contribution in [2.24, 2.45) is 0 Å². The molecule has 0 aromatic heterocycles. The van der Waals surface area contributed by atoms with Gasteiger partial charge < -0.3 is 0 Å². The molecule has 0 spiro atoms. The van der Waals surface area contributed by atoms with Gasteiger partial charge in [-0.3, -0.25) is 4.18 Å². The molecule has 0 heterocycles. The Morgan fingerprint density at radius 1 is 1.46 bits per heavy atom. The van der Waals surface area contributed by atoms with Crippen LogP contribution in [0.5, 0.6) is 0 Å². The summed E-state index contributed by atoms with van der Waals surface area (Å²) < 4.78 is 39.2. The fraction of sp³-hybridized carbons (Fsp3) is 0.143. The van der Waals surface area contributed by atoms with Gasteiger partial charge in [-0.2, -0.15) is 8.42 Å². The number of hydrogen-bond acceptors (Lipinski definition) is 3. The van der Waals surface area contributed by atoms with Crippen molar-refractivity contribution < 1.29 is 17.0 Å². The van der Waals surface area contributed by atoms with E-state index < -0.39 is 21.0 Å². The van der Waals surface area contributed by atoms with Gasteiger partial charge in [0.25, 0.3) is 10.1 Å². The van der Waals surface area contributed by atoms with E-state index in [4.69, 9.17) is 11.6 Å². The maximum absolute atomic E-state index is 12.8. The van der Waals surface area contributed by atoms with Gasteiger partial charge in [-0.25, -0.2) is 4.39 Å². The summed E-state index contributed by atoms with van der Waals surface area (Å²) in [6.07, 6.45) is 0. The number of benzene rings is 1. The molecule has 0 amide bonds. The monoisotopic (exact) mass is 224 g/mol. The second-order valence-electron chi connectivity index (χ2n) is 2.17. The highest BCUT2D eigenvalue weighted by atomic mass is 35.5. The lowest BCUT2D eigenvalue weighted by Gasteiger charge is -2.03. The summed E-state index contributed by atoms with van der Waals surface area (Å²) >= 11 is 5.42. The molecule has 0 saturated heterocycles. The predicted octanol–water partition coefficient (Wildman–Crippen LogP) is 1.81. The molecule has 0 fully saturated rings. The fourth-order valence-electron chi connectivity index (χ4n) is 0.767.